The van der Waals surface area contributed by atoms with Crippen LogP contribution in [0.4, 0.5) is 0 Å². The van der Waals surface area contributed by atoms with Gasteiger partial charge in [0.05, 0.1) is 12.2 Å². The summed E-state index contributed by atoms with van der Waals surface area (Å²) >= 11 is 0. The van der Waals surface area contributed by atoms with E-state index in [4.69, 9.17) is 4.42 Å². The third kappa shape index (κ3) is 2.78. The predicted octanol–water partition coefficient (Wildman–Crippen LogP) is 5.10. The first-order valence-corrected chi connectivity index (χ1v) is 8.02. The van der Waals surface area contributed by atoms with E-state index in [0.717, 1.165) is 33.4 Å². The number of rotatable bonds is 3. The van der Waals surface area contributed by atoms with E-state index < -0.39 is 0 Å². The summed E-state index contributed by atoms with van der Waals surface area (Å²) in [6.45, 7) is 7.76. The largest absolute Gasteiger partial charge is 0.507 e. The second-order valence-electron chi connectivity index (χ2n) is 6.49. The molecule has 1 aromatic heterocycles. The van der Waals surface area contributed by atoms with Crippen LogP contribution < -0.4 is 0 Å². The fourth-order valence-corrected chi connectivity index (χ4v) is 3.36. The second-order valence-corrected chi connectivity index (χ2v) is 6.49. The normalized spacial score (nSPS) is 11.2. The van der Waals surface area contributed by atoms with Crippen molar-refractivity contribution in [1.82, 2.24) is 0 Å². The fraction of sp³-hybridized carbons (Fsp3) is 0.238. The molecule has 0 atom stereocenters. The zero-order chi connectivity index (χ0) is 17.4. The van der Waals surface area contributed by atoms with Crippen LogP contribution >= 0.6 is 0 Å². The lowest BCUT2D eigenvalue weighted by Crippen LogP contribution is -2.05. The molecule has 124 valence electrons. The third-order valence-electron chi connectivity index (χ3n) is 4.40. The van der Waals surface area contributed by atoms with Crippen LogP contribution in [0.25, 0.3) is 0 Å². The molecule has 0 aliphatic heterocycles. The number of hydrogen-bond donors (Lipinski definition) is 2. The number of aryl methyl sites for hydroxylation is 4. The lowest BCUT2D eigenvalue weighted by molar-refractivity contribution is 0.439. The van der Waals surface area contributed by atoms with E-state index in [0.29, 0.717) is 5.76 Å². The monoisotopic (exact) mass is 322 g/mol. The first-order chi connectivity index (χ1) is 11.4. The second kappa shape index (κ2) is 6.08. The molecule has 0 amide bonds. The topological polar surface area (TPSA) is 53.6 Å². The SMILES string of the molecule is Cc1cc(C)c(O)c(C(c2ccco2)c2cc(C)cc(C)c2O)c1. The Balaban J connectivity index is 2.32. The van der Waals surface area contributed by atoms with Gasteiger partial charge in [0.25, 0.3) is 0 Å². The summed E-state index contributed by atoms with van der Waals surface area (Å²) in [6.07, 6.45) is 1.61. The van der Waals surface area contributed by atoms with Gasteiger partial charge in [-0.1, -0.05) is 35.4 Å². The van der Waals surface area contributed by atoms with Crippen LogP contribution in [-0.4, -0.2) is 10.2 Å². The predicted molar refractivity (Wildman–Crippen MR) is 94.8 cm³/mol. The van der Waals surface area contributed by atoms with E-state index in [1.54, 1.807) is 6.26 Å². The van der Waals surface area contributed by atoms with Crippen molar-refractivity contribution in [2.75, 3.05) is 0 Å². The average Bonchev–Trinajstić information content (AvgIpc) is 3.03. The molecule has 0 saturated carbocycles. The molecule has 0 fully saturated rings. The fourth-order valence-electron chi connectivity index (χ4n) is 3.36. The highest BCUT2D eigenvalue weighted by molar-refractivity contribution is 5.56. The molecule has 0 bridgehead atoms. The summed E-state index contributed by atoms with van der Waals surface area (Å²) in [5.41, 5.74) is 5.21. The molecule has 0 spiro atoms. The molecule has 0 aliphatic carbocycles. The molecular formula is C21H22O3. The highest BCUT2D eigenvalue weighted by Gasteiger charge is 2.27. The van der Waals surface area contributed by atoms with E-state index in [2.05, 4.69) is 0 Å². The number of furan rings is 1. The maximum atomic E-state index is 10.7. The molecular weight excluding hydrogens is 300 g/mol. The summed E-state index contributed by atoms with van der Waals surface area (Å²) in [5.74, 6) is 0.800. The molecule has 3 nitrogen and oxygen atoms in total. The molecule has 0 unspecified atom stereocenters. The first kappa shape index (κ1) is 16.2. The number of benzene rings is 2. The van der Waals surface area contributed by atoms with Crippen molar-refractivity contribution < 1.29 is 14.6 Å². The van der Waals surface area contributed by atoms with Crippen LogP contribution in [0.3, 0.4) is 0 Å². The van der Waals surface area contributed by atoms with Gasteiger partial charge in [-0.25, -0.2) is 0 Å². The maximum Gasteiger partial charge on any atom is 0.122 e. The minimum atomic E-state index is -0.364. The van der Waals surface area contributed by atoms with Crippen LogP contribution in [0.1, 0.15) is 45.1 Å². The van der Waals surface area contributed by atoms with E-state index in [1.807, 2.05) is 64.1 Å². The highest BCUT2D eigenvalue weighted by atomic mass is 16.3. The molecule has 1 heterocycles. The summed E-state index contributed by atoms with van der Waals surface area (Å²) in [6, 6.07) is 11.5. The Morgan fingerprint density at radius 3 is 1.71 bits per heavy atom. The van der Waals surface area contributed by atoms with Gasteiger partial charge in [0, 0.05) is 11.1 Å². The van der Waals surface area contributed by atoms with Crippen molar-refractivity contribution in [3.8, 4) is 11.5 Å². The van der Waals surface area contributed by atoms with Gasteiger partial charge < -0.3 is 14.6 Å². The Kier molecular flexibility index (Phi) is 4.10. The van der Waals surface area contributed by atoms with Crippen molar-refractivity contribution in [3.05, 3.63) is 81.8 Å². The van der Waals surface area contributed by atoms with E-state index in [1.165, 1.54) is 0 Å². The van der Waals surface area contributed by atoms with E-state index >= 15 is 0 Å². The zero-order valence-corrected chi connectivity index (χ0v) is 14.4. The molecule has 0 radical (unpaired) electrons. The molecule has 3 heteroatoms. The minimum absolute atomic E-state index is 0.237. The Labute approximate surface area is 142 Å². The number of phenols is 2. The van der Waals surface area contributed by atoms with Crippen LogP contribution in [0.2, 0.25) is 0 Å². The van der Waals surface area contributed by atoms with Crippen LogP contribution in [0.5, 0.6) is 11.5 Å². The van der Waals surface area contributed by atoms with Crippen LogP contribution in [0, 0.1) is 27.7 Å². The summed E-state index contributed by atoms with van der Waals surface area (Å²) in [7, 11) is 0. The van der Waals surface area contributed by atoms with Gasteiger partial charge in [-0.15, -0.1) is 0 Å². The molecule has 3 aromatic rings. The van der Waals surface area contributed by atoms with Crippen LogP contribution in [0.15, 0.2) is 47.1 Å². The smallest absolute Gasteiger partial charge is 0.122 e. The maximum absolute atomic E-state index is 10.7. The lowest BCUT2D eigenvalue weighted by atomic mass is 9.84. The van der Waals surface area contributed by atoms with E-state index in [9.17, 15) is 10.2 Å². The van der Waals surface area contributed by atoms with Crippen molar-refractivity contribution in [2.24, 2.45) is 0 Å². The molecule has 2 N–H and O–H groups in total. The standard InChI is InChI=1S/C21H22O3/c1-12-8-14(3)20(22)16(10-12)19(18-6-5-7-24-18)17-11-13(2)9-15(4)21(17)23/h5-11,19,22-23H,1-4H3. The summed E-state index contributed by atoms with van der Waals surface area (Å²) < 4.78 is 5.65. The van der Waals surface area contributed by atoms with Gasteiger partial charge in [-0.05, 0) is 51.0 Å². The van der Waals surface area contributed by atoms with Crippen molar-refractivity contribution >= 4 is 0 Å². The van der Waals surface area contributed by atoms with Gasteiger partial charge in [0.2, 0.25) is 0 Å². The zero-order valence-electron chi connectivity index (χ0n) is 14.4. The van der Waals surface area contributed by atoms with Crippen molar-refractivity contribution in [3.63, 3.8) is 0 Å². The van der Waals surface area contributed by atoms with Gasteiger partial charge in [-0.3, -0.25) is 0 Å². The average molecular weight is 322 g/mol. The van der Waals surface area contributed by atoms with Gasteiger partial charge in [-0.2, -0.15) is 0 Å². The summed E-state index contributed by atoms with van der Waals surface area (Å²) in [5, 5.41) is 21.3. The third-order valence-corrected chi connectivity index (χ3v) is 4.40. The van der Waals surface area contributed by atoms with E-state index in [-0.39, 0.29) is 17.4 Å². The quantitative estimate of drug-likeness (QED) is 0.705. The molecule has 3 rings (SSSR count). The lowest BCUT2D eigenvalue weighted by Gasteiger charge is -2.21. The Bertz CT molecular complexity index is 819. The molecule has 0 saturated heterocycles. The number of hydrogen-bond acceptors (Lipinski definition) is 3. The van der Waals surface area contributed by atoms with Crippen LogP contribution in [-0.2, 0) is 0 Å². The Morgan fingerprint density at radius 1 is 0.792 bits per heavy atom. The first-order valence-electron chi connectivity index (χ1n) is 8.02. The number of phenolic OH excluding ortho intramolecular Hbond substituents is 2. The minimum Gasteiger partial charge on any atom is -0.507 e. The van der Waals surface area contributed by atoms with Crippen molar-refractivity contribution in [2.45, 2.75) is 33.6 Å². The Hall–Kier alpha value is -2.68. The highest BCUT2D eigenvalue weighted by Crippen LogP contribution is 2.43. The van der Waals surface area contributed by atoms with Gasteiger partial charge in [0.1, 0.15) is 17.3 Å². The Morgan fingerprint density at radius 2 is 1.29 bits per heavy atom. The molecule has 2 aromatic carbocycles. The van der Waals surface area contributed by atoms with Crippen molar-refractivity contribution in [1.29, 1.82) is 0 Å². The number of aromatic hydroxyl groups is 2. The molecule has 24 heavy (non-hydrogen) atoms. The van der Waals surface area contributed by atoms with Gasteiger partial charge in [0.15, 0.2) is 0 Å². The van der Waals surface area contributed by atoms with Gasteiger partial charge >= 0.3 is 0 Å². The summed E-state index contributed by atoms with van der Waals surface area (Å²) in [4.78, 5) is 0. The molecule has 0 aliphatic rings.